The maximum absolute atomic E-state index is 12.8. The van der Waals surface area contributed by atoms with Crippen LogP contribution in [0.5, 0.6) is 0 Å². The minimum Gasteiger partial charge on any atom is -0.378 e. The number of carbonyl (C=O) groups excluding carboxylic acids is 1. The summed E-state index contributed by atoms with van der Waals surface area (Å²) in [5, 5.41) is 9.72. The lowest BCUT2D eigenvalue weighted by molar-refractivity contribution is 0.0731. The normalized spacial score (nSPS) is 13.6. The van der Waals surface area contributed by atoms with Crippen molar-refractivity contribution in [2.75, 3.05) is 6.54 Å². The van der Waals surface area contributed by atoms with Gasteiger partial charge in [0.25, 0.3) is 11.5 Å². The Bertz CT molecular complexity index is 974. The van der Waals surface area contributed by atoms with Crippen LogP contribution in [0.1, 0.15) is 46.9 Å². The Morgan fingerprint density at radius 1 is 1.38 bits per heavy atom. The maximum atomic E-state index is 12.8. The number of nitrogens with one attached hydrogen (secondary N) is 1. The van der Waals surface area contributed by atoms with Crippen LogP contribution in [0.2, 0.25) is 0 Å². The van der Waals surface area contributed by atoms with Crippen LogP contribution in [0.3, 0.4) is 0 Å². The lowest BCUT2D eigenvalue weighted by Crippen LogP contribution is -2.39. The van der Waals surface area contributed by atoms with Gasteiger partial charge in [-0.3, -0.25) is 9.59 Å². The molecule has 134 valence electrons. The van der Waals surface area contributed by atoms with E-state index in [1.54, 1.807) is 49.9 Å². The van der Waals surface area contributed by atoms with E-state index in [2.05, 4.69) is 21.8 Å². The maximum Gasteiger partial charge on any atom is 0.254 e. The molecule has 0 bridgehead atoms. The minimum atomic E-state index is -1.09. The quantitative estimate of drug-likeness (QED) is 0.761. The molecule has 0 saturated carbocycles. The largest absolute Gasteiger partial charge is 0.378 e. The fourth-order valence-corrected chi connectivity index (χ4v) is 2.87. The first-order valence-corrected chi connectivity index (χ1v) is 8.46. The summed E-state index contributed by atoms with van der Waals surface area (Å²) in [6.45, 7) is 5.73. The summed E-state index contributed by atoms with van der Waals surface area (Å²) in [6, 6.07) is 7.02. The molecule has 0 radical (unpaired) electrons. The van der Waals surface area contributed by atoms with Crippen LogP contribution in [0.15, 0.2) is 29.1 Å². The first-order valence-electron chi connectivity index (χ1n) is 8.46. The number of nitrogens with zero attached hydrogens (tertiary/aromatic N) is 2. The Kier molecular flexibility index (Phi) is 4.66. The predicted octanol–water partition coefficient (Wildman–Crippen LogP) is 1.40. The molecule has 2 heterocycles. The molecule has 0 fully saturated rings. The van der Waals surface area contributed by atoms with Crippen molar-refractivity contribution in [3.8, 4) is 11.8 Å². The average molecular weight is 351 g/mol. The SMILES string of the molecule is Cc1nc2c(c(=O)[nH]1)CCN(C(=O)c1cccc(C#CC(C)(C)O)c1)C2. The summed E-state index contributed by atoms with van der Waals surface area (Å²) in [5.41, 5.74) is 1.29. The molecular weight excluding hydrogens is 330 g/mol. The van der Waals surface area contributed by atoms with Gasteiger partial charge in [0.2, 0.25) is 0 Å². The van der Waals surface area contributed by atoms with Crippen LogP contribution in [0.25, 0.3) is 0 Å². The molecule has 1 aromatic carbocycles. The molecule has 26 heavy (non-hydrogen) atoms. The van der Waals surface area contributed by atoms with Crippen molar-refractivity contribution in [3.63, 3.8) is 0 Å². The highest BCUT2D eigenvalue weighted by Gasteiger charge is 2.24. The van der Waals surface area contributed by atoms with Gasteiger partial charge in [0.15, 0.2) is 0 Å². The second kappa shape index (κ2) is 6.77. The number of carbonyl (C=O) groups is 1. The van der Waals surface area contributed by atoms with Gasteiger partial charge in [0, 0.05) is 23.2 Å². The Morgan fingerprint density at radius 2 is 2.15 bits per heavy atom. The number of aromatic amines is 1. The summed E-state index contributed by atoms with van der Waals surface area (Å²) in [6.07, 6.45) is 0.488. The van der Waals surface area contributed by atoms with E-state index in [9.17, 15) is 14.7 Å². The fourth-order valence-electron chi connectivity index (χ4n) is 2.87. The van der Waals surface area contributed by atoms with E-state index >= 15 is 0 Å². The number of amides is 1. The molecule has 6 heteroatoms. The lowest BCUT2D eigenvalue weighted by atomic mass is 10.0. The summed E-state index contributed by atoms with van der Waals surface area (Å²) in [7, 11) is 0. The molecule has 1 aliphatic rings. The van der Waals surface area contributed by atoms with Gasteiger partial charge in [-0.1, -0.05) is 17.9 Å². The standard InChI is InChI=1S/C20H21N3O3/c1-13-21-17-12-23(10-8-16(17)18(24)22-13)19(25)15-6-4-5-14(11-15)7-9-20(2,3)26/h4-6,11,26H,8,10,12H2,1-3H3,(H,21,22,24). The van der Waals surface area contributed by atoms with Crippen molar-refractivity contribution >= 4 is 5.91 Å². The molecule has 1 amide bonds. The van der Waals surface area contributed by atoms with Gasteiger partial charge < -0.3 is 15.0 Å². The van der Waals surface area contributed by atoms with Gasteiger partial charge in [-0.15, -0.1) is 0 Å². The van der Waals surface area contributed by atoms with E-state index in [4.69, 9.17) is 0 Å². The molecule has 0 aliphatic carbocycles. The Labute approximate surface area is 151 Å². The topological polar surface area (TPSA) is 86.3 Å². The number of aryl methyl sites for hydroxylation is 1. The highest BCUT2D eigenvalue weighted by atomic mass is 16.3. The van der Waals surface area contributed by atoms with Gasteiger partial charge in [-0.05, 0) is 45.4 Å². The fraction of sp³-hybridized carbons (Fsp3) is 0.350. The summed E-state index contributed by atoms with van der Waals surface area (Å²) in [5.74, 6) is 6.05. The molecule has 0 saturated heterocycles. The predicted molar refractivity (Wildman–Crippen MR) is 97.7 cm³/mol. The Balaban J connectivity index is 1.84. The highest BCUT2D eigenvalue weighted by molar-refractivity contribution is 5.94. The van der Waals surface area contributed by atoms with Crippen LogP contribution in [0.4, 0.5) is 0 Å². The number of rotatable bonds is 1. The van der Waals surface area contributed by atoms with Crippen molar-refractivity contribution in [2.45, 2.75) is 39.3 Å². The van der Waals surface area contributed by atoms with E-state index in [1.807, 2.05) is 0 Å². The molecular formula is C20H21N3O3. The molecule has 1 aliphatic heterocycles. The van der Waals surface area contributed by atoms with Crippen molar-refractivity contribution in [2.24, 2.45) is 0 Å². The van der Waals surface area contributed by atoms with Crippen LogP contribution in [-0.4, -0.2) is 38.0 Å². The smallest absolute Gasteiger partial charge is 0.254 e. The van der Waals surface area contributed by atoms with Gasteiger partial charge in [0.05, 0.1) is 12.2 Å². The molecule has 1 aromatic heterocycles. The number of benzene rings is 1. The zero-order valence-corrected chi connectivity index (χ0v) is 15.1. The Morgan fingerprint density at radius 3 is 2.88 bits per heavy atom. The number of hydrogen-bond acceptors (Lipinski definition) is 4. The third-order valence-electron chi connectivity index (χ3n) is 4.10. The van der Waals surface area contributed by atoms with Gasteiger partial charge in [0.1, 0.15) is 11.4 Å². The lowest BCUT2D eigenvalue weighted by Gasteiger charge is -2.27. The first kappa shape index (κ1) is 17.9. The number of aromatic nitrogens is 2. The van der Waals surface area contributed by atoms with Crippen molar-refractivity contribution in [1.29, 1.82) is 0 Å². The summed E-state index contributed by atoms with van der Waals surface area (Å²) >= 11 is 0. The van der Waals surface area contributed by atoms with E-state index < -0.39 is 5.60 Å². The zero-order valence-electron chi connectivity index (χ0n) is 15.1. The van der Waals surface area contributed by atoms with Crippen LogP contribution in [0, 0.1) is 18.8 Å². The van der Waals surface area contributed by atoms with Crippen LogP contribution in [-0.2, 0) is 13.0 Å². The molecule has 2 aromatic rings. The summed E-state index contributed by atoms with van der Waals surface area (Å²) < 4.78 is 0. The van der Waals surface area contributed by atoms with E-state index in [0.29, 0.717) is 47.7 Å². The third kappa shape index (κ3) is 4.01. The molecule has 0 unspecified atom stereocenters. The van der Waals surface area contributed by atoms with Crippen molar-refractivity contribution in [3.05, 3.63) is 62.8 Å². The number of hydrogen-bond donors (Lipinski definition) is 2. The zero-order chi connectivity index (χ0) is 18.9. The molecule has 0 spiro atoms. The Hall–Kier alpha value is -2.91. The first-order chi connectivity index (χ1) is 12.2. The third-order valence-corrected chi connectivity index (χ3v) is 4.10. The monoisotopic (exact) mass is 351 g/mol. The number of H-pyrrole nitrogens is 1. The highest BCUT2D eigenvalue weighted by Crippen LogP contribution is 2.17. The molecule has 0 atom stereocenters. The number of aliphatic hydroxyl groups is 1. The molecule has 3 rings (SSSR count). The molecule has 2 N–H and O–H groups in total. The van der Waals surface area contributed by atoms with Gasteiger partial charge >= 0.3 is 0 Å². The van der Waals surface area contributed by atoms with E-state index in [1.165, 1.54) is 0 Å². The number of fused-ring (bicyclic) bond motifs is 1. The average Bonchev–Trinajstić information content (AvgIpc) is 2.58. The minimum absolute atomic E-state index is 0.122. The van der Waals surface area contributed by atoms with Crippen LogP contribution >= 0.6 is 0 Å². The van der Waals surface area contributed by atoms with Crippen molar-refractivity contribution in [1.82, 2.24) is 14.9 Å². The van der Waals surface area contributed by atoms with Crippen molar-refractivity contribution < 1.29 is 9.90 Å². The van der Waals surface area contributed by atoms with Gasteiger partial charge in [-0.2, -0.15) is 0 Å². The van der Waals surface area contributed by atoms with E-state index in [0.717, 1.165) is 0 Å². The molecule has 6 nitrogen and oxygen atoms in total. The van der Waals surface area contributed by atoms with Crippen LogP contribution < -0.4 is 5.56 Å². The van der Waals surface area contributed by atoms with Gasteiger partial charge in [-0.25, -0.2) is 4.98 Å². The summed E-state index contributed by atoms with van der Waals surface area (Å²) in [4.78, 5) is 33.6. The van der Waals surface area contributed by atoms with E-state index in [-0.39, 0.29) is 11.5 Å². The second-order valence-electron chi connectivity index (χ2n) is 6.94. The second-order valence-corrected chi connectivity index (χ2v) is 6.94.